The molecule has 0 unspecified atom stereocenters. The van der Waals surface area contributed by atoms with Gasteiger partial charge in [-0.25, -0.2) is 4.39 Å². The standard InChI is InChI=1S/C23H27Cl2FN2O2S/c1-15(2)11-27-23(30)16(3)28(12-18-19(24)8-6-9-20(18)25)22(29)14-31-13-17-7-4-5-10-21(17)26/h4-10,15-16H,11-14H2,1-3H3,(H,27,30)/t16-/m1/s1. The van der Waals surface area contributed by atoms with E-state index in [9.17, 15) is 14.0 Å². The fourth-order valence-electron chi connectivity index (χ4n) is 2.84. The van der Waals surface area contributed by atoms with Gasteiger partial charge in [0.2, 0.25) is 11.8 Å². The van der Waals surface area contributed by atoms with Crippen LogP contribution in [0, 0.1) is 11.7 Å². The Kier molecular flexibility index (Phi) is 10.1. The molecule has 2 amide bonds. The Morgan fingerprint density at radius 1 is 1.06 bits per heavy atom. The van der Waals surface area contributed by atoms with E-state index in [1.165, 1.54) is 22.7 Å². The Hall–Kier alpha value is -1.76. The molecule has 0 bridgehead atoms. The SMILES string of the molecule is CC(C)CNC(=O)[C@@H](C)N(Cc1c(Cl)cccc1Cl)C(=O)CSCc1ccccc1F. The van der Waals surface area contributed by atoms with E-state index in [-0.39, 0.29) is 35.8 Å². The number of nitrogens with zero attached hydrogens (tertiary/aromatic N) is 1. The van der Waals surface area contributed by atoms with Crippen LogP contribution in [0.15, 0.2) is 42.5 Å². The molecule has 2 aromatic rings. The predicted molar refractivity (Wildman–Crippen MR) is 127 cm³/mol. The minimum absolute atomic E-state index is 0.0954. The third kappa shape index (κ3) is 7.70. The van der Waals surface area contributed by atoms with Crippen LogP contribution in [0.1, 0.15) is 31.9 Å². The van der Waals surface area contributed by atoms with Crippen LogP contribution in [0.2, 0.25) is 10.0 Å². The second kappa shape index (κ2) is 12.3. The van der Waals surface area contributed by atoms with E-state index in [0.29, 0.717) is 33.5 Å². The topological polar surface area (TPSA) is 49.4 Å². The van der Waals surface area contributed by atoms with Crippen molar-refractivity contribution in [2.24, 2.45) is 5.92 Å². The number of benzene rings is 2. The van der Waals surface area contributed by atoms with Gasteiger partial charge in [0.25, 0.3) is 0 Å². The van der Waals surface area contributed by atoms with E-state index in [1.807, 2.05) is 13.8 Å². The van der Waals surface area contributed by atoms with Crippen LogP contribution in [-0.4, -0.2) is 35.1 Å². The molecule has 0 fully saturated rings. The Bertz CT molecular complexity index is 891. The van der Waals surface area contributed by atoms with Gasteiger partial charge in [0.05, 0.1) is 5.75 Å². The van der Waals surface area contributed by atoms with Crippen molar-refractivity contribution in [1.29, 1.82) is 0 Å². The summed E-state index contributed by atoms with van der Waals surface area (Å²) in [7, 11) is 0. The highest BCUT2D eigenvalue weighted by Crippen LogP contribution is 2.27. The molecule has 1 atom stereocenters. The fourth-order valence-corrected chi connectivity index (χ4v) is 4.25. The van der Waals surface area contributed by atoms with Crippen molar-refractivity contribution in [3.63, 3.8) is 0 Å². The van der Waals surface area contributed by atoms with Crippen LogP contribution < -0.4 is 5.32 Å². The number of nitrogens with one attached hydrogen (secondary N) is 1. The lowest BCUT2D eigenvalue weighted by Gasteiger charge is -2.29. The molecule has 31 heavy (non-hydrogen) atoms. The number of carbonyl (C=O) groups is 2. The maximum absolute atomic E-state index is 13.8. The monoisotopic (exact) mass is 484 g/mol. The first-order chi connectivity index (χ1) is 14.7. The van der Waals surface area contributed by atoms with Gasteiger partial charge in [-0.15, -0.1) is 11.8 Å². The summed E-state index contributed by atoms with van der Waals surface area (Å²) >= 11 is 13.9. The lowest BCUT2D eigenvalue weighted by atomic mass is 10.1. The highest BCUT2D eigenvalue weighted by molar-refractivity contribution is 7.99. The molecule has 0 aliphatic rings. The molecule has 4 nitrogen and oxygen atoms in total. The van der Waals surface area contributed by atoms with Crippen molar-refractivity contribution in [2.75, 3.05) is 12.3 Å². The van der Waals surface area contributed by atoms with Crippen LogP contribution in [0.4, 0.5) is 4.39 Å². The van der Waals surface area contributed by atoms with Gasteiger partial charge in [0.1, 0.15) is 11.9 Å². The van der Waals surface area contributed by atoms with Gasteiger partial charge in [-0.05, 0) is 36.6 Å². The molecule has 0 spiro atoms. The fraction of sp³-hybridized carbons (Fsp3) is 0.391. The summed E-state index contributed by atoms with van der Waals surface area (Å²) < 4.78 is 13.8. The minimum atomic E-state index is -0.715. The van der Waals surface area contributed by atoms with Crippen molar-refractivity contribution in [3.8, 4) is 0 Å². The molecule has 1 N–H and O–H groups in total. The zero-order valence-electron chi connectivity index (χ0n) is 17.8. The molecule has 0 saturated heterocycles. The highest BCUT2D eigenvalue weighted by atomic mass is 35.5. The maximum Gasteiger partial charge on any atom is 0.242 e. The Morgan fingerprint density at radius 3 is 2.32 bits per heavy atom. The molecule has 168 valence electrons. The quantitative estimate of drug-likeness (QED) is 0.480. The van der Waals surface area contributed by atoms with Gasteiger partial charge in [0.15, 0.2) is 0 Å². The van der Waals surface area contributed by atoms with Crippen molar-refractivity contribution in [2.45, 2.75) is 39.1 Å². The van der Waals surface area contributed by atoms with E-state index in [0.717, 1.165) is 0 Å². The molecule has 0 aliphatic carbocycles. The Morgan fingerprint density at radius 2 is 1.71 bits per heavy atom. The summed E-state index contributed by atoms with van der Waals surface area (Å²) in [5.41, 5.74) is 1.12. The molecule has 0 saturated carbocycles. The molecule has 0 aliphatic heterocycles. The Balaban J connectivity index is 2.14. The first-order valence-corrected chi connectivity index (χ1v) is 11.9. The average molecular weight is 485 g/mol. The number of amides is 2. The number of hydrogen-bond donors (Lipinski definition) is 1. The van der Waals surface area contributed by atoms with E-state index in [4.69, 9.17) is 23.2 Å². The van der Waals surface area contributed by atoms with E-state index >= 15 is 0 Å². The summed E-state index contributed by atoms with van der Waals surface area (Å²) in [5, 5.41) is 3.73. The number of thioether (sulfide) groups is 1. The Labute approximate surface area is 197 Å². The van der Waals surface area contributed by atoms with E-state index < -0.39 is 6.04 Å². The van der Waals surface area contributed by atoms with Crippen LogP contribution in [-0.2, 0) is 21.9 Å². The van der Waals surface area contributed by atoms with Crippen LogP contribution >= 0.6 is 35.0 Å². The molecule has 2 aromatic carbocycles. The van der Waals surface area contributed by atoms with E-state index in [2.05, 4.69) is 5.32 Å². The van der Waals surface area contributed by atoms with E-state index in [1.54, 1.807) is 43.3 Å². The number of carbonyl (C=O) groups excluding carboxylic acids is 2. The van der Waals surface area contributed by atoms with Gasteiger partial charge in [-0.2, -0.15) is 0 Å². The zero-order valence-corrected chi connectivity index (χ0v) is 20.2. The third-order valence-electron chi connectivity index (χ3n) is 4.68. The third-order valence-corrected chi connectivity index (χ3v) is 6.36. The van der Waals surface area contributed by atoms with Crippen molar-refractivity contribution < 1.29 is 14.0 Å². The smallest absolute Gasteiger partial charge is 0.242 e. The first-order valence-electron chi connectivity index (χ1n) is 10.0. The molecule has 0 aromatic heterocycles. The normalized spacial score (nSPS) is 12.0. The summed E-state index contributed by atoms with van der Waals surface area (Å²) in [5.74, 6) is -0.0577. The van der Waals surface area contributed by atoms with Crippen LogP contribution in [0.5, 0.6) is 0 Å². The second-order valence-electron chi connectivity index (χ2n) is 7.62. The molecule has 0 heterocycles. The molecule has 8 heteroatoms. The van der Waals surface area contributed by atoms with Gasteiger partial charge < -0.3 is 10.2 Å². The molecule has 2 rings (SSSR count). The maximum atomic E-state index is 13.8. The van der Waals surface area contributed by atoms with Crippen molar-refractivity contribution in [1.82, 2.24) is 10.2 Å². The summed E-state index contributed by atoms with van der Waals surface area (Å²) in [6.07, 6.45) is 0. The van der Waals surface area contributed by atoms with Crippen molar-refractivity contribution in [3.05, 3.63) is 69.5 Å². The van der Waals surface area contributed by atoms with Gasteiger partial charge in [0, 0.05) is 34.5 Å². The largest absolute Gasteiger partial charge is 0.354 e. The predicted octanol–water partition coefficient (Wildman–Crippen LogP) is 5.56. The summed E-state index contributed by atoms with van der Waals surface area (Å²) in [6, 6.07) is 10.9. The summed E-state index contributed by atoms with van der Waals surface area (Å²) in [6.45, 7) is 6.29. The minimum Gasteiger partial charge on any atom is -0.354 e. The van der Waals surface area contributed by atoms with Crippen molar-refractivity contribution >= 4 is 46.8 Å². The number of rotatable bonds is 10. The summed E-state index contributed by atoms with van der Waals surface area (Å²) in [4.78, 5) is 27.2. The number of halogens is 3. The average Bonchev–Trinajstić information content (AvgIpc) is 2.72. The lowest BCUT2D eigenvalue weighted by molar-refractivity contribution is -0.138. The molecule has 0 radical (unpaired) electrons. The van der Waals surface area contributed by atoms with Gasteiger partial charge >= 0.3 is 0 Å². The lowest BCUT2D eigenvalue weighted by Crippen LogP contribution is -2.48. The first kappa shape index (κ1) is 25.5. The van der Waals surface area contributed by atoms with Gasteiger partial charge in [-0.1, -0.05) is 61.3 Å². The highest BCUT2D eigenvalue weighted by Gasteiger charge is 2.27. The zero-order chi connectivity index (χ0) is 23.0. The van der Waals surface area contributed by atoms with Crippen LogP contribution in [0.25, 0.3) is 0 Å². The molecular formula is C23H27Cl2FN2O2S. The number of hydrogen-bond acceptors (Lipinski definition) is 3. The van der Waals surface area contributed by atoms with Crippen LogP contribution in [0.3, 0.4) is 0 Å². The molecular weight excluding hydrogens is 458 g/mol. The van der Waals surface area contributed by atoms with Gasteiger partial charge in [-0.3, -0.25) is 9.59 Å². The second-order valence-corrected chi connectivity index (χ2v) is 9.42.